The number of benzene rings is 1. The highest BCUT2D eigenvalue weighted by Gasteiger charge is 2.19. The number of carbonyl (C=O) groups is 2. The van der Waals surface area contributed by atoms with Crippen molar-refractivity contribution in [1.29, 1.82) is 0 Å². The second kappa shape index (κ2) is 7.90. The molecule has 0 aliphatic rings. The number of alkyl carbamates (subject to hydrolysis) is 1. The summed E-state index contributed by atoms with van der Waals surface area (Å²) in [4.78, 5) is 23.2. The van der Waals surface area contributed by atoms with Gasteiger partial charge in [0, 0.05) is 13.0 Å². The minimum absolute atomic E-state index is 0.0896. The third-order valence-corrected chi connectivity index (χ3v) is 3.45. The van der Waals surface area contributed by atoms with Crippen LogP contribution >= 0.6 is 0 Å². The zero-order valence-electron chi connectivity index (χ0n) is 15.3. The maximum atomic E-state index is 11.7. The van der Waals surface area contributed by atoms with Gasteiger partial charge in [-0.1, -0.05) is 0 Å². The van der Waals surface area contributed by atoms with Gasteiger partial charge in [0.05, 0.1) is 24.7 Å². The fourth-order valence-electron chi connectivity index (χ4n) is 2.34. The Morgan fingerprint density at radius 3 is 2.42 bits per heavy atom. The third kappa shape index (κ3) is 4.98. The molecular formula is C18H23N3O5. The van der Waals surface area contributed by atoms with E-state index in [9.17, 15) is 14.7 Å². The Hall–Kier alpha value is -3.03. The van der Waals surface area contributed by atoms with Crippen LogP contribution in [0, 0.1) is 0 Å². The summed E-state index contributed by atoms with van der Waals surface area (Å²) >= 11 is 0. The van der Waals surface area contributed by atoms with Gasteiger partial charge in [-0.05, 0) is 45.0 Å². The van der Waals surface area contributed by atoms with Gasteiger partial charge in [0.25, 0.3) is 0 Å². The minimum atomic E-state index is -1.07. The lowest BCUT2D eigenvalue weighted by Crippen LogP contribution is -2.33. The monoisotopic (exact) mass is 361 g/mol. The van der Waals surface area contributed by atoms with Crippen molar-refractivity contribution in [3.8, 4) is 11.4 Å². The van der Waals surface area contributed by atoms with Crippen LogP contribution < -0.4 is 10.1 Å². The van der Waals surface area contributed by atoms with E-state index in [1.165, 1.54) is 6.20 Å². The molecule has 0 radical (unpaired) electrons. The lowest BCUT2D eigenvalue weighted by Gasteiger charge is -2.19. The Labute approximate surface area is 151 Å². The molecule has 2 rings (SSSR count). The number of rotatable bonds is 6. The summed E-state index contributed by atoms with van der Waals surface area (Å²) < 4.78 is 11.8. The molecule has 0 saturated heterocycles. The third-order valence-electron chi connectivity index (χ3n) is 3.45. The van der Waals surface area contributed by atoms with Crippen LogP contribution in [0.25, 0.3) is 5.69 Å². The number of amides is 1. The number of hydrogen-bond acceptors (Lipinski definition) is 5. The average Bonchev–Trinajstić information content (AvgIpc) is 2.97. The number of aromatic nitrogens is 2. The fourth-order valence-corrected chi connectivity index (χ4v) is 2.34. The van der Waals surface area contributed by atoms with Crippen molar-refractivity contribution in [2.45, 2.75) is 32.8 Å². The van der Waals surface area contributed by atoms with Gasteiger partial charge in [0.1, 0.15) is 16.9 Å². The van der Waals surface area contributed by atoms with E-state index in [0.717, 1.165) is 0 Å². The quantitative estimate of drug-likeness (QED) is 0.820. The molecule has 0 unspecified atom stereocenters. The molecule has 140 valence electrons. The van der Waals surface area contributed by atoms with Crippen molar-refractivity contribution in [3.05, 3.63) is 41.7 Å². The molecule has 1 aromatic carbocycles. The van der Waals surface area contributed by atoms with Crippen LogP contribution in [0.3, 0.4) is 0 Å². The molecule has 0 spiro atoms. The summed E-state index contributed by atoms with van der Waals surface area (Å²) in [5.41, 5.74) is 0.678. The van der Waals surface area contributed by atoms with Gasteiger partial charge in [-0.3, -0.25) is 0 Å². The molecule has 0 fully saturated rings. The van der Waals surface area contributed by atoms with E-state index < -0.39 is 17.7 Å². The van der Waals surface area contributed by atoms with E-state index in [-0.39, 0.29) is 18.5 Å². The predicted molar refractivity (Wildman–Crippen MR) is 95.0 cm³/mol. The molecule has 8 nitrogen and oxygen atoms in total. The second-order valence-corrected chi connectivity index (χ2v) is 6.60. The second-order valence-electron chi connectivity index (χ2n) is 6.60. The number of aromatic carboxylic acids is 1. The first-order chi connectivity index (χ1) is 12.2. The predicted octanol–water partition coefficient (Wildman–Crippen LogP) is 2.65. The van der Waals surface area contributed by atoms with Gasteiger partial charge in [-0.2, -0.15) is 5.10 Å². The van der Waals surface area contributed by atoms with Gasteiger partial charge in [-0.25, -0.2) is 14.3 Å². The van der Waals surface area contributed by atoms with Crippen molar-refractivity contribution in [2.75, 3.05) is 13.7 Å². The first-order valence-electron chi connectivity index (χ1n) is 8.13. The van der Waals surface area contributed by atoms with Gasteiger partial charge in [-0.15, -0.1) is 0 Å². The molecule has 0 saturated carbocycles. The summed E-state index contributed by atoms with van der Waals surface area (Å²) in [6.07, 6.45) is 1.03. The number of ether oxygens (including phenoxy) is 2. The van der Waals surface area contributed by atoms with Crippen LogP contribution in [0.15, 0.2) is 30.5 Å². The van der Waals surface area contributed by atoms with Crippen LogP contribution in [0.5, 0.6) is 5.75 Å². The zero-order valence-corrected chi connectivity index (χ0v) is 15.3. The van der Waals surface area contributed by atoms with Crippen molar-refractivity contribution in [3.63, 3.8) is 0 Å². The van der Waals surface area contributed by atoms with Gasteiger partial charge in [0.2, 0.25) is 0 Å². The van der Waals surface area contributed by atoms with E-state index >= 15 is 0 Å². The van der Waals surface area contributed by atoms with Crippen molar-refractivity contribution in [2.24, 2.45) is 0 Å². The topological polar surface area (TPSA) is 103 Å². The van der Waals surface area contributed by atoms with E-state index in [4.69, 9.17) is 9.47 Å². The van der Waals surface area contributed by atoms with Crippen LogP contribution in [0.4, 0.5) is 4.79 Å². The summed E-state index contributed by atoms with van der Waals surface area (Å²) in [5.74, 6) is -0.385. The number of carbonyl (C=O) groups excluding carboxylic acids is 1. The molecule has 0 atom stereocenters. The molecule has 0 aliphatic carbocycles. The SMILES string of the molecule is COc1ccc(-n2ncc(C(=O)O)c2CCNC(=O)OC(C)(C)C)cc1. The maximum absolute atomic E-state index is 11.7. The highest BCUT2D eigenvalue weighted by Crippen LogP contribution is 2.19. The Kier molecular flexibility index (Phi) is 5.86. The molecule has 2 aromatic rings. The minimum Gasteiger partial charge on any atom is -0.497 e. The Balaban J connectivity index is 2.16. The molecule has 1 aromatic heterocycles. The lowest BCUT2D eigenvalue weighted by molar-refractivity contribution is 0.0528. The lowest BCUT2D eigenvalue weighted by atomic mass is 10.2. The van der Waals surface area contributed by atoms with E-state index in [1.54, 1.807) is 56.8 Å². The van der Waals surface area contributed by atoms with Crippen molar-refractivity contribution >= 4 is 12.1 Å². The van der Waals surface area contributed by atoms with E-state index in [0.29, 0.717) is 17.1 Å². The van der Waals surface area contributed by atoms with Gasteiger partial charge >= 0.3 is 12.1 Å². The summed E-state index contributed by atoms with van der Waals surface area (Å²) in [7, 11) is 1.57. The van der Waals surface area contributed by atoms with Crippen molar-refractivity contribution in [1.82, 2.24) is 15.1 Å². The zero-order chi connectivity index (χ0) is 19.3. The first-order valence-corrected chi connectivity index (χ1v) is 8.13. The molecule has 26 heavy (non-hydrogen) atoms. The normalized spacial score (nSPS) is 11.1. The van der Waals surface area contributed by atoms with E-state index in [2.05, 4.69) is 10.4 Å². The Bertz CT molecular complexity index is 775. The molecular weight excluding hydrogens is 338 g/mol. The summed E-state index contributed by atoms with van der Waals surface area (Å²) in [6, 6.07) is 7.09. The largest absolute Gasteiger partial charge is 0.497 e. The number of nitrogens with zero attached hydrogens (tertiary/aromatic N) is 2. The molecule has 1 heterocycles. The average molecular weight is 361 g/mol. The highest BCUT2D eigenvalue weighted by molar-refractivity contribution is 5.88. The summed E-state index contributed by atoms with van der Waals surface area (Å²) in [6.45, 7) is 5.53. The standard InChI is InChI=1S/C18H23N3O5/c1-18(2,3)26-17(24)19-10-9-15-14(16(22)23)11-20-21(15)12-5-7-13(25-4)8-6-12/h5-8,11H,9-10H2,1-4H3,(H,19,24)(H,22,23). The van der Waals surface area contributed by atoms with Crippen LogP contribution in [-0.4, -0.2) is 46.2 Å². The van der Waals surface area contributed by atoms with Crippen LogP contribution in [-0.2, 0) is 11.2 Å². The first kappa shape index (κ1) is 19.3. The highest BCUT2D eigenvalue weighted by atomic mass is 16.6. The number of nitrogens with one attached hydrogen (secondary N) is 1. The van der Waals surface area contributed by atoms with E-state index in [1.807, 2.05) is 0 Å². The van der Waals surface area contributed by atoms with Crippen LogP contribution in [0.2, 0.25) is 0 Å². The molecule has 0 aliphatic heterocycles. The number of carboxylic acids is 1. The number of hydrogen-bond donors (Lipinski definition) is 2. The smallest absolute Gasteiger partial charge is 0.407 e. The number of carboxylic acid groups (broad SMARTS) is 1. The Morgan fingerprint density at radius 1 is 1.23 bits per heavy atom. The maximum Gasteiger partial charge on any atom is 0.407 e. The summed E-state index contributed by atoms with van der Waals surface area (Å²) in [5, 5.41) is 16.2. The van der Waals surface area contributed by atoms with Crippen molar-refractivity contribution < 1.29 is 24.2 Å². The molecule has 2 N–H and O–H groups in total. The molecule has 1 amide bonds. The molecule has 0 bridgehead atoms. The fraction of sp³-hybridized carbons (Fsp3) is 0.389. The Morgan fingerprint density at radius 2 is 1.88 bits per heavy atom. The van der Waals surface area contributed by atoms with Crippen LogP contribution in [0.1, 0.15) is 36.8 Å². The van der Waals surface area contributed by atoms with Gasteiger partial charge < -0.3 is 19.9 Å². The van der Waals surface area contributed by atoms with Gasteiger partial charge in [0.15, 0.2) is 0 Å². The molecule has 8 heteroatoms. The number of methoxy groups -OCH3 is 1.